The minimum absolute atomic E-state index is 0.245. The van der Waals surface area contributed by atoms with Crippen molar-refractivity contribution in [1.82, 2.24) is 5.32 Å². The first-order valence-corrected chi connectivity index (χ1v) is 10.5. The third-order valence-corrected chi connectivity index (χ3v) is 5.07. The van der Waals surface area contributed by atoms with Gasteiger partial charge in [-0.3, -0.25) is 19.7 Å². The number of carbonyl (C=O) groups excluding carboxylic acids is 4. The highest BCUT2D eigenvalue weighted by Crippen LogP contribution is 2.25. The highest BCUT2D eigenvalue weighted by atomic mass is 35.5. The zero-order chi connectivity index (χ0) is 24.1. The lowest BCUT2D eigenvalue weighted by Crippen LogP contribution is -2.54. The van der Waals surface area contributed by atoms with Gasteiger partial charge in [-0.25, -0.2) is 9.69 Å². The molecule has 1 fully saturated rings. The summed E-state index contributed by atoms with van der Waals surface area (Å²) >= 11 is 5.84. The minimum Gasteiger partial charge on any atom is -0.483 e. The van der Waals surface area contributed by atoms with Gasteiger partial charge in [0.2, 0.25) is 0 Å². The van der Waals surface area contributed by atoms with Gasteiger partial charge in [-0.2, -0.15) is 0 Å². The van der Waals surface area contributed by atoms with Crippen molar-refractivity contribution >= 4 is 52.8 Å². The maximum absolute atomic E-state index is 13.0. The fourth-order valence-electron chi connectivity index (χ4n) is 3.23. The van der Waals surface area contributed by atoms with Crippen LogP contribution in [-0.4, -0.2) is 30.4 Å². The molecule has 0 unspecified atom stereocenters. The number of nitrogens with zero attached hydrogens (tertiary/aromatic N) is 1. The SMILES string of the molecule is O=C(COc1ccccc1/C=C1\C(=O)NC(=O)N(c2ccccc2)C1=O)Nc1ccc(Cl)cc1. The Hall–Kier alpha value is -4.43. The summed E-state index contributed by atoms with van der Waals surface area (Å²) < 4.78 is 5.63. The molecule has 5 amide bonds. The number of carbonyl (C=O) groups is 4. The Bertz CT molecular complexity index is 1290. The van der Waals surface area contributed by atoms with E-state index in [0.29, 0.717) is 22.0 Å². The van der Waals surface area contributed by atoms with E-state index in [0.717, 1.165) is 4.90 Å². The number of halogens is 1. The second-order valence-corrected chi connectivity index (χ2v) is 7.61. The van der Waals surface area contributed by atoms with Crippen molar-refractivity contribution in [3.8, 4) is 5.75 Å². The maximum atomic E-state index is 13.0. The first-order valence-electron chi connectivity index (χ1n) is 10.2. The average molecular weight is 476 g/mol. The summed E-state index contributed by atoms with van der Waals surface area (Å²) in [6.07, 6.45) is 1.33. The third-order valence-electron chi connectivity index (χ3n) is 4.82. The molecule has 1 aliphatic rings. The van der Waals surface area contributed by atoms with Gasteiger partial charge >= 0.3 is 6.03 Å². The third kappa shape index (κ3) is 5.13. The molecule has 34 heavy (non-hydrogen) atoms. The van der Waals surface area contributed by atoms with E-state index in [9.17, 15) is 19.2 Å². The number of hydrogen-bond acceptors (Lipinski definition) is 5. The summed E-state index contributed by atoms with van der Waals surface area (Å²) in [6, 6.07) is 20.7. The second kappa shape index (κ2) is 10.0. The molecule has 1 heterocycles. The van der Waals surface area contributed by atoms with Crippen molar-refractivity contribution < 1.29 is 23.9 Å². The minimum atomic E-state index is -0.832. The van der Waals surface area contributed by atoms with Gasteiger partial charge in [-0.1, -0.05) is 48.0 Å². The van der Waals surface area contributed by atoms with E-state index < -0.39 is 23.8 Å². The summed E-state index contributed by atoms with van der Waals surface area (Å²) in [5.74, 6) is -1.71. The van der Waals surface area contributed by atoms with E-state index in [1.165, 1.54) is 6.08 Å². The van der Waals surface area contributed by atoms with Crippen LogP contribution in [0.3, 0.4) is 0 Å². The van der Waals surface area contributed by atoms with Crippen molar-refractivity contribution in [2.75, 3.05) is 16.8 Å². The number of benzene rings is 3. The second-order valence-electron chi connectivity index (χ2n) is 7.17. The number of rotatable bonds is 6. The van der Waals surface area contributed by atoms with E-state index >= 15 is 0 Å². The molecule has 9 heteroatoms. The molecule has 2 N–H and O–H groups in total. The molecule has 170 valence electrons. The quantitative estimate of drug-likeness (QED) is 0.414. The van der Waals surface area contributed by atoms with Gasteiger partial charge in [0.15, 0.2) is 6.61 Å². The molecule has 3 aromatic carbocycles. The van der Waals surface area contributed by atoms with Gasteiger partial charge in [-0.15, -0.1) is 0 Å². The van der Waals surface area contributed by atoms with Crippen LogP contribution in [0.1, 0.15) is 5.56 Å². The number of imide groups is 2. The van der Waals surface area contributed by atoms with Crippen LogP contribution in [0.4, 0.5) is 16.2 Å². The molecule has 0 aliphatic carbocycles. The zero-order valence-electron chi connectivity index (χ0n) is 17.7. The lowest BCUT2D eigenvalue weighted by atomic mass is 10.1. The van der Waals surface area contributed by atoms with Crippen LogP contribution in [0.25, 0.3) is 6.08 Å². The largest absolute Gasteiger partial charge is 0.483 e. The number of anilines is 2. The van der Waals surface area contributed by atoms with Crippen LogP contribution >= 0.6 is 11.6 Å². The first-order chi connectivity index (χ1) is 16.4. The van der Waals surface area contributed by atoms with E-state index in [1.807, 2.05) is 0 Å². The molecule has 0 saturated carbocycles. The average Bonchev–Trinajstić information content (AvgIpc) is 2.83. The van der Waals surface area contributed by atoms with Gasteiger partial charge in [0.25, 0.3) is 17.7 Å². The summed E-state index contributed by atoms with van der Waals surface area (Å²) in [6.45, 7) is -0.308. The molecule has 3 aromatic rings. The number of hydrogen-bond donors (Lipinski definition) is 2. The number of amides is 5. The smallest absolute Gasteiger partial charge is 0.335 e. The topological polar surface area (TPSA) is 105 Å². The van der Waals surface area contributed by atoms with Crippen molar-refractivity contribution in [2.45, 2.75) is 0 Å². The molecule has 8 nitrogen and oxygen atoms in total. The molecule has 4 rings (SSSR count). The Kier molecular flexibility index (Phi) is 6.70. The molecule has 0 radical (unpaired) electrons. The molecular formula is C25H18ClN3O5. The van der Waals surface area contributed by atoms with Crippen molar-refractivity contribution in [1.29, 1.82) is 0 Å². The Balaban J connectivity index is 1.53. The molecule has 0 spiro atoms. The van der Waals surface area contributed by atoms with Gasteiger partial charge in [-0.05, 0) is 48.5 Å². The Labute approximate surface area is 199 Å². The Morgan fingerprint density at radius 1 is 0.941 bits per heavy atom. The summed E-state index contributed by atoms with van der Waals surface area (Å²) in [7, 11) is 0. The maximum Gasteiger partial charge on any atom is 0.335 e. The highest BCUT2D eigenvalue weighted by molar-refractivity contribution is 6.39. The molecular weight excluding hydrogens is 458 g/mol. The van der Waals surface area contributed by atoms with E-state index in [-0.39, 0.29) is 17.9 Å². The molecule has 0 atom stereocenters. The van der Waals surface area contributed by atoms with Gasteiger partial charge in [0, 0.05) is 16.3 Å². The first kappa shape index (κ1) is 22.8. The predicted molar refractivity (Wildman–Crippen MR) is 127 cm³/mol. The Morgan fingerprint density at radius 3 is 2.35 bits per heavy atom. The monoisotopic (exact) mass is 475 g/mol. The van der Waals surface area contributed by atoms with Crippen LogP contribution < -0.4 is 20.3 Å². The summed E-state index contributed by atoms with van der Waals surface area (Å²) in [5, 5.41) is 5.40. The molecule has 0 bridgehead atoms. The fraction of sp³-hybridized carbons (Fsp3) is 0.0400. The molecule has 1 saturated heterocycles. The van der Waals surface area contributed by atoms with Crippen LogP contribution in [0.15, 0.2) is 84.4 Å². The number of urea groups is 1. The van der Waals surface area contributed by atoms with Crippen molar-refractivity contribution in [2.24, 2.45) is 0 Å². The van der Waals surface area contributed by atoms with E-state index in [2.05, 4.69) is 10.6 Å². The molecule has 0 aromatic heterocycles. The van der Waals surface area contributed by atoms with Crippen LogP contribution in [0.5, 0.6) is 5.75 Å². The zero-order valence-corrected chi connectivity index (χ0v) is 18.4. The van der Waals surface area contributed by atoms with Gasteiger partial charge in [0.1, 0.15) is 11.3 Å². The molecule has 1 aliphatic heterocycles. The number of ether oxygens (including phenoxy) is 1. The highest BCUT2D eigenvalue weighted by Gasteiger charge is 2.36. The van der Waals surface area contributed by atoms with E-state index in [4.69, 9.17) is 16.3 Å². The van der Waals surface area contributed by atoms with Crippen LogP contribution in [0.2, 0.25) is 5.02 Å². The fourth-order valence-corrected chi connectivity index (χ4v) is 3.36. The normalized spacial score (nSPS) is 14.7. The van der Waals surface area contributed by atoms with E-state index in [1.54, 1.807) is 78.9 Å². The summed E-state index contributed by atoms with van der Waals surface area (Å²) in [5.41, 5.74) is 1.03. The lowest BCUT2D eigenvalue weighted by molar-refractivity contribution is -0.122. The van der Waals surface area contributed by atoms with Gasteiger partial charge < -0.3 is 10.1 Å². The van der Waals surface area contributed by atoms with Crippen molar-refractivity contribution in [3.63, 3.8) is 0 Å². The van der Waals surface area contributed by atoms with Gasteiger partial charge in [0.05, 0.1) is 5.69 Å². The Morgan fingerprint density at radius 2 is 1.62 bits per heavy atom. The predicted octanol–water partition coefficient (Wildman–Crippen LogP) is 4.02. The lowest BCUT2D eigenvalue weighted by Gasteiger charge is -2.26. The summed E-state index contributed by atoms with van der Waals surface area (Å²) in [4.78, 5) is 50.9. The number of nitrogens with one attached hydrogen (secondary N) is 2. The number of barbiturate groups is 1. The van der Waals surface area contributed by atoms with Crippen molar-refractivity contribution in [3.05, 3.63) is 95.0 Å². The van der Waals surface area contributed by atoms with Crippen LogP contribution in [-0.2, 0) is 14.4 Å². The number of para-hydroxylation sites is 2. The standard InChI is InChI=1S/C25H18ClN3O5/c26-17-10-12-18(13-11-17)27-22(30)15-34-21-9-5-4-6-16(21)14-20-23(31)28-25(33)29(24(20)32)19-7-2-1-3-8-19/h1-14H,15H2,(H,27,30)(H,28,31,33)/b20-14+. The van der Waals surface area contributed by atoms with Crippen LogP contribution in [0, 0.1) is 0 Å².